The molecule has 2 aromatic rings. The van der Waals surface area contributed by atoms with Gasteiger partial charge in [-0.25, -0.2) is 4.79 Å². The number of pyridine rings is 1. The van der Waals surface area contributed by atoms with Crippen LogP contribution >= 0.6 is 15.9 Å². The van der Waals surface area contributed by atoms with E-state index in [1.807, 2.05) is 43.3 Å². The van der Waals surface area contributed by atoms with Crippen molar-refractivity contribution in [3.05, 3.63) is 63.9 Å². The Morgan fingerprint density at radius 3 is 2.70 bits per heavy atom. The summed E-state index contributed by atoms with van der Waals surface area (Å²) in [6.07, 6.45) is 1.71. The number of benzene rings is 1. The molecule has 2 rings (SSSR count). The standard InChI is InChI=1S/C15H16BrN3O/c1-11-8-13(16)6-5-12(11)9-18-15(20)19-10-14-4-2-3-7-17-14/h2-8H,9-10H2,1H3,(H2,18,19,20). The van der Waals surface area contributed by atoms with Gasteiger partial charge in [0.25, 0.3) is 0 Å². The Bertz CT molecular complexity index is 587. The number of aromatic nitrogens is 1. The van der Waals surface area contributed by atoms with Crippen molar-refractivity contribution in [2.75, 3.05) is 0 Å². The third kappa shape index (κ3) is 4.35. The van der Waals surface area contributed by atoms with Crippen molar-refractivity contribution >= 4 is 22.0 Å². The molecule has 0 aliphatic heterocycles. The highest BCUT2D eigenvalue weighted by molar-refractivity contribution is 9.10. The summed E-state index contributed by atoms with van der Waals surface area (Å²) in [5, 5.41) is 5.61. The molecule has 1 heterocycles. The normalized spacial score (nSPS) is 10.1. The zero-order chi connectivity index (χ0) is 14.4. The third-order valence-electron chi connectivity index (χ3n) is 2.90. The molecule has 4 nitrogen and oxygen atoms in total. The molecule has 2 N–H and O–H groups in total. The highest BCUT2D eigenvalue weighted by atomic mass is 79.9. The minimum absolute atomic E-state index is 0.196. The molecule has 0 bridgehead atoms. The molecule has 20 heavy (non-hydrogen) atoms. The molecule has 0 saturated heterocycles. The maximum Gasteiger partial charge on any atom is 0.315 e. The number of urea groups is 1. The maximum atomic E-state index is 11.7. The second-order valence-electron chi connectivity index (χ2n) is 4.43. The van der Waals surface area contributed by atoms with Gasteiger partial charge >= 0.3 is 6.03 Å². The summed E-state index contributed by atoms with van der Waals surface area (Å²) < 4.78 is 1.04. The van der Waals surface area contributed by atoms with E-state index in [-0.39, 0.29) is 6.03 Å². The number of hydrogen-bond donors (Lipinski definition) is 2. The first-order valence-corrected chi connectivity index (χ1v) is 7.11. The van der Waals surface area contributed by atoms with Gasteiger partial charge < -0.3 is 10.6 Å². The topological polar surface area (TPSA) is 54.0 Å². The van der Waals surface area contributed by atoms with Gasteiger partial charge in [0, 0.05) is 17.2 Å². The summed E-state index contributed by atoms with van der Waals surface area (Å²) in [6.45, 7) is 2.95. The van der Waals surface area contributed by atoms with Crippen LogP contribution in [0.3, 0.4) is 0 Å². The van der Waals surface area contributed by atoms with Crippen LogP contribution in [0.1, 0.15) is 16.8 Å². The maximum absolute atomic E-state index is 11.7. The lowest BCUT2D eigenvalue weighted by Gasteiger charge is -2.09. The first-order chi connectivity index (χ1) is 9.65. The van der Waals surface area contributed by atoms with E-state index in [0.29, 0.717) is 13.1 Å². The average molecular weight is 334 g/mol. The molecule has 5 heteroatoms. The largest absolute Gasteiger partial charge is 0.334 e. The monoisotopic (exact) mass is 333 g/mol. The van der Waals surface area contributed by atoms with Gasteiger partial charge in [-0.05, 0) is 42.3 Å². The summed E-state index contributed by atoms with van der Waals surface area (Å²) in [5.74, 6) is 0. The van der Waals surface area contributed by atoms with Crippen molar-refractivity contribution in [2.45, 2.75) is 20.0 Å². The zero-order valence-electron chi connectivity index (χ0n) is 11.2. The summed E-state index contributed by atoms with van der Waals surface area (Å²) in [6, 6.07) is 11.4. The van der Waals surface area contributed by atoms with Gasteiger partial charge in [0.15, 0.2) is 0 Å². The van der Waals surface area contributed by atoms with Crippen LogP contribution in [0.15, 0.2) is 47.1 Å². The van der Waals surface area contributed by atoms with Crippen molar-refractivity contribution in [1.82, 2.24) is 15.6 Å². The first-order valence-electron chi connectivity index (χ1n) is 6.32. The van der Waals surface area contributed by atoms with Crippen molar-refractivity contribution in [1.29, 1.82) is 0 Å². The van der Waals surface area contributed by atoms with E-state index in [1.165, 1.54) is 0 Å². The second-order valence-corrected chi connectivity index (χ2v) is 5.34. The smallest absolute Gasteiger partial charge is 0.315 e. The quantitative estimate of drug-likeness (QED) is 0.902. The Labute approximate surface area is 126 Å². The van der Waals surface area contributed by atoms with Crippen LogP contribution < -0.4 is 10.6 Å². The summed E-state index contributed by atoms with van der Waals surface area (Å²) in [7, 11) is 0. The number of hydrogen-bond acceptors (Lipinski definition) is 2. The van der Waals surface area contributed by atoms with Crippen LogP contribution in [0.25, 0.3) is 0 Å². The van der Waals surface area contributed by atoms with Gasteiger partial charge in [-0.3, -0.25) is 4.98 Å². The Balaban J connectivity index is 1.80. The summed E-state index contributed by atoms with van der Waals surface area (Å²) in [4.78, 5) is 15.9. The third-order valence-corrected chi connectivity index (χ3v) is 3.39. The van der Waals surface area contributed by atoms with Crippen molar-refractivity contribution in [3.8, 4) is 0 Å². The minimum Gasteiger partial charge on any atom is -0.334 e. The predicted molar refractivity (Wildman–Crippen MR) is 82.2 cm³/mol. The van der Waals surface area contributed by atoms with Crippen LogP contribution in [0, 0.1) is 6.92 Å². The number of halogens is 1. The molecule has 2 amide bonds. The van der Waals surface area contributed by atoms with Gasteiger partial charge in [0.05, 0.1) is 12.2 Å². The Hall–Kier alpha value is -1.88. The second kappa shape index (κ2) is 7.05. The minimum atomic E-state index is -0.196. The molecule has 0 aliphatic rings. The molecule has 0 unspecified atom stereocenters. The van der Waals surface area contributed by atoms with E-state index >= 15 is 0 Å². The molecule has 0 radical (unpaired) electrons. The Morgan fingerprint density at radius 2 is 2.00 bits per heavy atom. The lowest BCUT2D eigenvalue weighted by atomic mass is 10.1. The van der Waals surface area contributed by atoms with E-state index in [2.05, 4.69) is 31.5 Å². The fourth-order valence-electron chi connectivity index (χ4n) is 1.77. The van der Waals surface area contributed by atoms with Gasteiger partial charge in [-0.2, -0.15) is 0 Å². The van der Waals surface area contributed by atoms with E-state index in [4.69, 9.17) is 0 Å². The van der Waals surface area contributed by atoms with Crippen molar-refractivity contribution in [3.63, 3.8) is 0 Å². The fourth-order valence-corrected chi connectivity index (χ4v) is 2.24. The van der Waals surface area contributed by atoms with Crippen LogP contribution in [0.4, 0.5) is 4.79 Å². The number of nitrogens with one attached hydrogen (secondary N) is 2. The van der Waals surface area contributed by atoms with Crippen LogP contribution in [-0.2, 0) is 13.1 Å². The molecule has 0 saturated carbocycles. The van der Waals surface area contributed by atoms with E-state index in [9.17, 15) is 4.79 Å². The molecule has 1 aromatic heterocycles. The van der Waals surface area contributed by atoms with Crippen molar-refractivity contribution in [2.24, 2.45) is 0 Å². The van der Waals surface area contributed by atoms with Crippen LogP contribution in [0.2, 0.25) is 0 Å². The average Bonchev–Trinajstić information content (AvgIpc) is 2.45. The number of carbonyl (C=O) groups excluding carboxylic acids is 1. The van der Waals surface area contributed by atoms with Gasteiger partial charge in [0.2, 0.25) is 0 Å². The molecule has 104 valence electrons. The summed E-state index contributed by atoms with van der Waals surface area (Å²) >= 11 is 3.42. The first kappa shape index (κ1) is 14.5. The number of aryl methyl sites for hydroxylation is 1. The van der Waals surface area contributed by atoms with Crippen molar-refractivity contribution < 1.29 is 4.79 Å². The number of nitrogens with zero attached hydrogens (tertiary/aromatic N) is 1. The van der Waals surface area contributed by atoms with E-state index in [0.717, 1.165) is 21.3 Å². The summed E-state index contributed by atoms with van der Waals surface area (Å²) in [5.41, 5.74) is 3.08. The van der Waals surface area contributed by atoms with Gasteiger partial charge in [-0.15, -0.1) is 0 Å². The lowest BCUT2D eigenvalue weighted by molar-refractivity contribution is 0.240. The Kier molecular flexibility index (Phi) is 5.12. The molecule has 1 aromatic carbocycles. The highest BCUT2D eigenvalue weighted by Gasteiger charge is 2.03. The molecule has 0 spiro atoms. The van der Waals surface area contributed by atoms with Crippen LogP contribution in [-0.4, -0.2) is 11.0 Å². The number of rotatable bonds is 4. The van der Waals surface area contributed by atoms with Gasteiger partial charge in [0.1, 0.15) is 0 Å². The molecule has 0 aliphatic carbocycles. The molecule has 0 atom stereocenters. The zero-order valence-corrected chi connectivity index (χ0v) is 12.8. The van der Waals surface area contributed by atoms with E-state index < -0.39 is 0 Å². The highest BCUT2D eigenvalue weighted by Crippen LogP contribution is 2.15. The van der Waals surface area contributed by atoms with Crippen LogP contribution in [0.5, 0.6) is 0 Å². The lowest BCUT2D eigenvalue weighted by Crippen LogP contribution is -2.34. The number of carbonyl (C=O) groups is 1. The molecular weight excluding hydrogens is 318 g/mol. The fraction of sp³-hybridized carbons (Fsp3) is 0.200. The van der Waals surface area contributed by atoms with E-state index in [1.54, 1.807) is 6.20 Å². The number of amides is 2. The predicted octanol–water partition coefficient (Wildman–Crippen LogP) is 3.15. The Morgan fingerprint density at radius 1 is 1.20 bits per heavy atom. The molecular formula is C15H16BrN3O. The van der Waals surface area contributed by atoms with Gasteiger partial charge in [-0.1, -0.05) is 28.1 Å². The molecule has 0 fully saturated rings. The SMILES string of the molecule is Cc1cc(Br)ccc1CNC(=O)NCc1ccccn1.